The first-order valence-electron chi connectivity index (χ1n) is 3.72. The summed E-state index contributed by atoms with van der Waals surface area (Å²) in [4.78, 5) is 10.3. The Bertz CT molecular complexity index is 140. The number of aliphatic carboxylic acids is 1. The van der Waals surface area contributed by atoms with Gasteiger partial charge in [0.25, 0.3) is 0 Å². The van der Waals surface area contributed by atoms with Crippen LogP contribution in [-0.4, -0.2) is 36.4 Å². The molecule has 0 heterocycles. The van der Waals surface area contributed by atoms with Gasteiger partial charge in [0.15, 0.2) is 0 Å². The SMILES string of the molecule is NCC(CC(=O)O)NCC(N)N. The monoisotopic (exact) mass is 176 g/mol. The lowest BCUT2D eigenvalue weighted by atomic mass is 10.2. The molecule has 0 aliphatic carbocycles. The fraction of sp³-hybridized carbons (Fsp3) is 0.833. The maximum absolute atomic E-state index is 10.3. The molecule has 0 aromatic carbocycles. The summed E-state index contributed by atoms with van der Waals surface area (Å²) in [6.45, 7) is 0.633. The Morgan fingerprint density at radius 3 is 2.42 bits per heavy atom. The van der Waals surface area contributed by atoms with E-state index in [9.17, 15) is 4.79 Å². The fourth-order valence-electron chi connectivity index (χ4n) is 0.752. The van der Waals surface area contributed by atoms with Gasteiger partial charge in [0.05, 0.1) is 12.6 Å². The minimum atomic E-state index is -0.886. The Hall–Kier alpha value is -0.690. The van der Waals surface area contributed by atoms with Gasteiger partial charge >= 0.3 is 5.97 Å². The quantitative estimate of drug-likeness (QED) is 0.288. The molecule has 0 aliphatic rings. The van der Waals surface area contributed by atoms with Crippen LogP contribution in [0.1, 0.15) is 6.42 Å². The molecule has 6 heteroatoms. The highest BCUT2D eigenvalue weighted by atomic mass is 16.4. The van der Waals surface area contributed by atoms with Crippen LogP contribution in [0.4, 0.5) is 0 Å². The Kier molecular flexibility index (Phi) is 5.56. The van der Waals surface area contributed by atoms with E-state index in [1.54, 1.807) is 0 Å². The molecule has 0 rings (SSSR count). The number of rotatable bonds is 6. The summed E-state index contributed by atoms with van der Waals surface area (Å²) < 4.78 is 0. The first-order valence-corrected chi connectivity index (χ1v) is 3.72. The topological polar surface area (TPSA) is 127 Å². The van der Waals surface area contributed by atoms with Crippen molar-refractivity contribution in [2.75, 3.05) is 13.1 Å². The van der Waals surface area contributed by atoms with Gasteiger partial charge in [-0.25, -0.2) is 0 Å². The first kappa shape index (κ1) is 11.3. The van der Waals surface area contributed by atoms with Gasteiger partial charge in [0.2, 0.25) is 0 Å². The molecule has 0 spiro atoms. The van der Waals surface area contributed by atoms with Crippen LogP contribution in [0.3, 0.4) is 0 Å². The third kappa shape index (κ3) is 6.05. The van der Waals surface area contributed by atoms with Crippen LogP contribution in [0.2, 0.25) is 0 Å². The molecule has 1 unspecified atom stereocenters. The van der Waals surface area contributed by atoms with Crippen molar-refractivity contribution in [1.82, 2.24) is 5.32 Å². The highest BCUT2D eigenvalue weighted by Gasteiger charge is 2.10. The van der Waals surface area contributed by atoms with Crippen LogP contribution in [0, 0.1) is 0 Å². The van der Waals surface area contributed by atoms with Crippen LogP contribution in [0.5, 0.6) is 0 Å². The van der Waals surface area contributed by atoms with E-state index in [1.165, 1.54) is 0 Å². The zero-order valence-electron chi connectivity index (χ0n) is 6.86. The van der Waals surface area contributed by atoms with Crippen LogP contribution in [-0.2, 0) is 4.79 Å². The average molecular weight is 176 g/mol. The molecule has 8 N–H and O–H groups in total. The molecule has 0 saturated heterocycles. The molecule has 0 fully saturated rings. The van der Waals surface area contributed by atoms with Crippen LogP contribution in [0.25, 0.3) is 0 Å². The van der Waals surface area contributed by atoms with E-state index >= 15 is 0 Å². The third-order valence-corrected chi connectivity index (χ3v) is 1.35. The van der Waals surface area contributed by atoms with Gasteiger partial charge in [0, 0.05) is 19.1 Å². The Labute approximate surface area is 71.1 Å². The molecule has 0 aromatic heterocycles. The number of carbonyl (C=O) groups is 1. The summed E-state index contributed by atoms with van der Waals surface area (Å²) in [6, 6.07) is -0.253. The molecular weight excluding hydrogens is 160 g/mol. The summed E-state index contributed by atoms with van der Waals surface area (Å²) in [5.41, 5.74) is 15.8. The second-order valence-electron chi connectivity index (χ2n) is 2.60. The molecule has 0 amide bonds. The molecule has 0 saturated carbocycles. The van der Waals surface area contributed by atoms with Crippen LogP contribution < -0.4 is 22.5 Å². The van der Waals surface area contributed by atoms with E-state index in [0.717, 1.165) is 0 Å². The smallest absolute Gasteiger partial charge is 0.304 e. The maximum atomic E-state index is 10.3. The summed E-state index contributed by atoms with van der Waals surface area (Å²) in [6.07, 6.45) is -0.490. The van der Waals surface area contributed by atoms with E-state index in [-0.39, 0.29) is 19.0 Å². The fourth-order valence-corrected chi connectivity index (χ4v) is 0.752. The van der Waals surface area contributed by atoms with Crippen molar-refractivity contribution in [3.05, 3.63) is 0 Å². The Balaban J connectivity index is 3.60. The number of nitrogens with two attached hydrogens (primary N) is 3. The lowest BCUT2D eigenvalue weighted by molar-refractivity contribution is -0.137. The minimum Gasteiger partial charge on any atom is -0.481 e. The largest absolute Gasteiger partial charge is 0.481 e. The van der Waals surface area contributed by atoms with Crippen molar-refractivity contribution in [1.29, 1.82) is 0 Å². The summed E-state index contributed by atoms with van der Waals surface area (Å²) in [5, 5.41) is 11.3. The van der Waals surface area contributed by atoms with Crippen molar-refractivity contribution in [3.63, 3.8) is 0 Å². The molecule has 72 valence electrons. The Morgan fingerprint density at radius 2 is 2.08 bits per heavy atom. The van der Waals surface area contributed by atoms with Gasteiger partial charge in [0.1, 0.15) is 0 Å². The summed E-state index contributed by atoms with van der Waals surface area (Å²) in [5.74, 6) is -0.886. The zero-order chi connectivity index (χ0) is 9.56. The van der Waals surface area contributed by atoms with Gasteiger partial charge < -0.3 is 27.6 Å². The molecule has 0 radical (unpaired) electrons. The predicted octanol–water partition coefficient (Wildman–Crippen LogP) is -2.38. The number of carboxylic acids is 1. The lowest BCUT2D eigenvalue weighted by Crippen LogP contribution is -2.47. The normalized spacial score (nSPS) is 13.3. The van der Waals surface area contributed by atoms with Crippen molar-refractivity contribution in [2.45, 2.75) is 18.6 Å². The second kappa shape index (κ2) is 5.90. The van der Waals surface area contributed by atoms with Gasteiger partial charge in [-0.1, -0.05) is 0 Å². The van der Waals surface area contributed by atoms with Gasteiger partial charge in [-0.05, 0) is 0 Å². The number of hydrogen-bond donors (Lipinski definition) is 5. The van der Waals surface area contributed by atoms with E-state index in [4.69, 9.17) is 22.3 Å². The first-order chi connectivity index (χ1) is 5.56. The van der Waals surface area contributed by atoms with Crippen LogP contribution >= 0.6 is 0 Å². The molecule has 0 bridgehead atoms. The van der Waals surface area contributed by atoms with E-state index in [0.29, 0.717) is 6.54 Å². The Morgan fingerprint density at radius 1 is 1.50 bits per heavy atom. The lowest BCUT2D eigenvalue weighted by Gasteiger charge is -2.15. The van der Waals surface area contributed by atoms with E-state index in [2.05, 4.69) is 5.32 Å². The standard InChI is InChI=1S/C6H16N4O2/c7-2-4(1-6(11)12)10-3-5(8)9/h4-5,10H,1-3,7-9H2,(H,11,12). The highest BCUT2D eigenvalue weighted by Crippen LogP contribution is 1.88. The predicted molar refractivity (Wildman–Crippen MR) is 45.3 cm³/mol. The number of carboxylic acid groups (broad SMARTS) is 1. The molecular formula is C6H16N4O2. The van der Waals surface area contributed by atoms with Crippen molar-refractivity contribution in [3.8, 4) is 0 Å². The maximum Gasteiger partial charge on any atom is 0.304 e. The number of nitrogens with one attached hydrogen (secondary N) is 1. The second-order valence-corrected chi connectivity index (χ2v) is 2.60. The van der Waals surface area contributed by atoms with Crippen molar-refractivity contribution in [2.24, 2.45) is 17.2 Å². The van der Waals surface area contributed by atoms with Crippen LogP contribution in [0.15, 0.2) is 0 Å². The van der Waals surface area contributed by atoms with E-state index in [1.807, 2.05) is 0 Å². The minimum absolute atomic E-state index is 0.0107. The zero-order valence-corrected chi connectivity index (χ0v) is 6.86. The van der Waals surface area contributed by atoms with Gasteiger partial charge in [-0.15, -0.1) is 0 Å². The molecule has 0 aromatic rings. The van der Waals surface area contributed by atoms with Crippen molar-refractivity contribution < 1.29 is 9.90 Å². The van der Waals surface area contributed by atoms with Gasteiger partial charge in [-0.2, -0.15) is 0 Å². The number of hydrogen-bond acceptors (Lipinski definition) is 5. The molecule has 0 aliphatic heterocycles. The third-order valence-electron chi connectivity index (χ3n) is 1.35. The summed E-state index contributed by atoms with van der Waals surface area (Å²) in [7, 11) is 0. The average Bonchev–Trinajstić information content (AvgIpc) is 1.97. The summed E-state index contributed by atoms with van der Waals surface area (Å²) >= 11 is 0. The van der Waals surface area contributed by atoms with E-state index < -0.39 is 12.1 Å². The molecule has 1 atom stereocenters. The molecule has 12 heavy (non-hydrogen) atoms. The van der Waals surface area contributed by atoms with Crippen molar-refractivity contribution >= 4 is 5.97 Å². The molecule has 6 nitrogen and oxygen atoms in total. The van der Waals surface area contributed by atoms with Gasteiger partial charge in [-0.3, -0.25) is 4.79 Å². The highest BCUT2D eigenvalue weighted by molar-refractivity contribution is 5.67.